The Morgan fingerprint density at radius 3 is 2.74 bits per heavy atom. The summed E-state index contributed by atoms with van der Waals surface area (Å²) in [6.45, 7) is 4.59. The molecule has 2 bridgehead atoms. The molecule has 3 fully saturated rings. The van der Waals surface area contributed by atoms with E-state index in [0.29, 0.717) is 25.6 Å². The maximum absolute atomic E-state index is 11.9. The highest BCUT2D eigenvalue weighted by Crippen LogP contribution is 2.49. The minimum atomic E-state index is -0.540. The van der Waals surface area contributed by atoms with Crippen molar-refractivity contribution in [1.29, 1.82) is 0 Å². The topological polar surface area (TPSA) is 44.8 Å². The second kappa shape index (κ2) is 5.06. The summed E-state index contributed by atoms with van der Waals surface area (Å²) in [7, 11) is 0. The van der Waals surface area contributed by atoms with Crippen molar-refractivity contribution in [3.63, 3.8) is 0 Å². The van der Waals surface area contributed by atoms with Crippen molar-refractivity contribution >= 4 is 5.97 Å². The van der Waals surface area contributed by atoms with Gasteiger partial charge >= 0.3 is 5.97 Å². The average Bonchev–Trinajstić information content (AvgIpc) is 3.01. The first-order chi connectivity index (χ1) is 9.02. The third kappa shape index (κ3) is 3.11. The fourth-order valence-electron chi connectivity index (χ4n) is 3.93. The highest BCUT2D eigenvalue weighted by Gasteiger charge is 2.40. The summed E-state index contributed by atoms with van der Waals surface area (Å²) >= 11 is 0. The van der Waals surface area contributed by atoms with Gasteiger partial charge in [-0.05, 0) is 50.9 Å². The van der Waals surface area contributed by atoms with Crippen molar-refractivity contribution in [3.8, 4) is 0 Å². The smallest absolute Gasteiger partial charge is 0.306 e. The maximum Gasteiger partial charge on any atom is 0.306 e. The third-order valence-corrected chi connectivity index (χ3v) is 4.81. The number of hydrogen-bond acceptors (Lipinski definition) is 4. The molecule has 0 amide bonds. The van der Waals surface area contributed by atoms with Gasteiger partial charge in [-0.25, -0.2) is 0 Å². The zero-order valence-electron chi connectivity index (χ0n) is 11.9. The molecule has 108 valence electrons. The van der Waals surface area contributed by atoms with E-state index in [1.807, 2.05) is 13.8 Å². The van der Waals surface area contributed by atoms with E-state index in [4.69, 9.17) is 14.2 Å². The van der Waals surface area contributed by atoms with Crippen molar-refractivity contribution in [1.82, 2.24) is 0 Å². The Kier molecular flexibility index (Phi) is 3.56. The van der Waals surface area contributed by atoms with E-state index in [2.05, 4.69) is 0 Å². The normalized spacial score (nSPS) is 39.7. The van der Waals surface area contributed by atoms with Gasteiger partial charge in [0.25, 0.3) is 0 Å². The summed E-state index contributed by atoms with van der Waals surface area (Å²) < 4.78 is 16.4. The number of ether oxygens (including phenoxy) is 3. The van der Waals surface area contributed by atoms with Crippen LogP contribution in [-0.2, 0) is 19.0 Å². The van der Waals surface area contributed by atoms with Crippen LogP contribution in [0.2, 0.25) is 0 Å². The van der Waals surface area contributed by atoms with Gasteiger partial charge in [-0.1, -0.05) is 6.42 Å². The molecule has 1 aliphatic heterocycles. The Bertz CT molecular complexity index is 352. The summed E-state index contributed by atoms with van der Waals surface area (Å²) in [5.74, 6) is 1.63. The van der Waals surface area contributed by atoms with E-state index < -0.39 is 5.79 Å². The van der Waals surface area contributed by atoms with Gasteiger partial charge in [-0.3, -0.25) is 4.79 Å². The Morgan fingerprint density at radius 1 is 1.32 bits per heavy atom. The molecule has 0 aromatic rings. The number of carbonyl (C=O) groups excluding carboxylic acids is 1. The van der Waals surface area contributed by atoms with Gasteiger partial charge in [0, 0.05) is 6.42 Å². The molecule has 0 radical (unpaired) electrons. The molecule has 4 atom stereocenters. The lowest BCUT2D eigenvalue weighted by Crippen LogP contribution is -2.26. The SMILES string of the molecule is CC1(C)OC[C@H](COC(=O)C[C@@H]2C[C@H]3CC[C@H]2C3)O1. The molecule has 0 unspecified atom stereocenters. The van der Waals surface area contributed by atoms with Gasteiger partial charge in [-0.15, -0.1) is 0 Å². The minimum absolute atomic E-state index is 0.0640. The second-order valence-corrected chi connectivity index (χ2v) is 6.77. The van der Waals surface area contributed by atoms with Crippen LogP contribution in [0, 0.1) is 17.8 Å². The first-order valence-electron chi connectivity index (χ1n) is 7.49. The van der Waals surface area contributed by atoms with Crippen LogP contribution in [0.15, 0.2) is 0 Å². The van der Waals surface area contributed by atoms with Crippen LogP contribution >= 0.6 is 0 Å². The Balaban J connectivity index is 1.38. The fraction of sp³-hybridized carbons (Fsp3) is 0.933. The predicted molar refractivity (Wildman–Crippen MR) is 69.4 cm³/mol. The highest BCUT2D eigenvalue weighted by molar-refractivity contribution is 5.69. The number of esters is 1. The van der Waals surface area contributed by atoms with E-state index in [1.54, 1.807) is 0 Å². The zero-order chi connectivity index (χ0) is 13.5. The number of carbonyl (C=O) groups is 1. The van der Waals surface area contributed by atoms with Crippen LogP contribution in [-0.4, -0.2) is 31.1 Å². The van der Waals surface area contributed by atoms with Gasteiger partial charge in [-0.2, -0.15) is 0 Å². The molecule has 3 aliphatic rings. The molecule has 2 saturated carbocycles. The van der Waals surface area contributed by atoms with Crippen molar-refractivity contribution in [2.75, 3.05) is 13.2 Å². The Labute approximate surface area is 114 Å². The molecular formula is C15H24O4. The molecule has 1 saturated heterocycles. The lowest BCUT2D eigenvalue weighted by Gasteiger charge is -2.21. The number of hydrogen-bond donors (Lipinski definition) is 0. The van der Waals surface area contributed by atoms with Crippen molar-refractivity contribution in [2.45, 2.75) is 57.8 Å². The summed E-state index contributed by atoms with van der Waals surface area (Å²) in [5.41, 5.74) is 0. The van der Waals surface area contributed by atoms with Gasteiger partial charge in [0.05, 0.1) is 6.61 Å². The van der Waals surface area contributed by atoms with E-state index in [-0.39, 0.29) is 12.1 Å². The van der Waals surface area contributed by atoms with Crippen LogP contribution in [0.1, 0.15) is 46.0 Å². The molecular weight excluding hydrogens is 244 g/mol. The molecule has 3 rings (SSSR count). The van der Waals surface area contributed by atoms with Crippen molar-refractivity contribution in [3.05, 3.63) is 0 Å². The first kappa shape index (κ1) is 13.4. The largest absolute Gasteiger partial charge is 0.463 e. The lowest BCUT2D eigenvalue weighted by atomic mass is 9.86. The van der Waals surface area contributed by atoms with Crippen LogP contribution < -0.4 is 0 Å². The van der Waals surface area contributed by atoms with Crippen molar-refractivity contribution in [2.24, 2.45) is 17.8 Å². The maximum atomic E-state index is 11.9. The molecule has 19 heavy (non-hydrogen) atoms. The monoisotopic (exact) mass is 268 g/mol. The molecule has 4 heteroatoms. The van der Waals surface area contributed by atoms with E-state index in [1.165, 1.54) is 25.7 Å². The van der Waals surface area contributed by atoms with Crippen LogP contribution in [0.25, 0.3) is 0 Å². The average molecular weight is 268 g/mol. The van der Waals surface area contributed by atoms with Gasteiger partial charge in [0.15, 0.2) is 5.79 Å². The standard InChI is InChI=1S/C15H24O4/c1-15(2)18-9-13(19-15)8-17-14(16)7-12-6-10-3-4-11(12)5-10/h10-13H,3-9H2,1-2H3/t10-,11-,12-,13-/m0/s1. The summed E-state index contributed by atoms with van der Waals surface area (Å²) in [4.78, 5) is 11.9. The molecule has 0 aromatic carbocycles. The van der Waals surface area contributed by atoms with Crippen LogP contribution in [0.5, 0.6) is 0 Å². The highest BCUT2D eigenvalue weighted by atomic mass is 16.7. The number of fused-ring (bicyclic) bond motifs is 2. The molecule has 1 heterocycles. The quantitative estimate of drug-likeness (QED) is 0.735. The summed E-state index contributed by atoms with van der Waals surface area (Å²) in [5, 5.41) is 0. The fourth-order valence-corrected chi connectivity index (χ4v) is 3.93. The second-order valence-electron chi connectivity index (χ2n) is 6.77. The van der Waals surface area contributed by atoms with E-state index in [0.717, 1.165) is 11.8 Å². The summed E-state index contributed by atoms with van der Waals surface area (Å²) in [6.07, 6.45) is 5.74. The summed E-state index contributed by atoms with van der Waals surface area (Å²) in [6, 6.07) is 0. The molecule has 0 spiro atoms. The van der Waals surface area contributed by atoms with Crippen LogP contribution in [0.3, 0.4) is 0 Å². The van der Waals surface area contributed by atoms with E-state index in [9.17, 15) is 4.79 Å². The van der Waals surface area contributed by atoms with Gasteiger partial charge < -0.3 is 14.2 Å². The molecule has 0 aromatic heterocycles. The van der Waals surface area contributed by atoms with Gasteiger partial charge in [0.2, 0.25) is 0 Å². The van der Waals surface area contributed by atoms with Crippen molar-refractivity contribution < 1.29 is 19.0 Å². The zero-order valence-corrected chi connectivity index (χ0v) is 11.9. The Morgan fingerprint density at radius 2 is 2.16 bits per heavy atom. The molecule has 4 nitrogen and oxygen atoms in total. The first-order valence-corrected chi connectivity index (χ1v) is 7.49. The van der Waals surface area contributed by atoms with Gasteiger partial charge in [0.1, 0.15) is 12.7 Å². The van der Waals surface area contributed by atoms with Crippen LogP contribution in [0.4, 0.5) is 0 Å². The van der Waals surface area contributed by atoms with E-state index >= 15 is 0 Å². The predicted octanol–water partition coefficient (Wildman–Crippen LogP) is 2.51. The molecule has 0 N–H and O–H groups in total. The molecule has 2 aliphatic carbocycles. The Hall–Kier alpha value is -0.610. The lowest BCUT2D eigenvalue weighted by molar-refractivity contribution is -0.159. The third-order valence-electron chi connectivity index (χ3n) is 4.81. The number of rotatable bonds is 4. The minimum Gasteiger partial charge on any atom is -0.463 e.